The molecule has 13 heteroatoms. The van der Waals surface area contributed by atoms with Crippen molar-refractivity contribution in [1.82, 2.24) is 0 Å². The monoisotopic (exact) mass is 667 g/mol. The first-order chi connectivity index (χ1) is 22.4. The summed E-state index contributed by atoms with van der Waals surface area (Å²) >= 11 is 0. The van der Waals surface area contributed by atoms with E-state index in [2.05, 4.69) is 13.8 Å². The minimum absolute atomic E-state index is 0.0329. The number of rotatable bonds is 8. The predicted molar refractivity (Wildman–Crippen MR) is 183 cm³/mol. The van der Waals surface area contributed by atoms with E-state index in [0.717, 1.165) is 51.4 Å². The minimum atomic E-state index is -1.59. The van der Waals surface area contributed by atoms with E-state index in [4.69, 9.17) is 47.6 Å². The molecule has 0 spiro atoms. The average Bonchev–Trinajstić information content (AvgIpc) is 3.03. The van der Waals surface area contributed by atoms with Gasteiger partial charge in [-0.3, -0.25) is 0 Å². The van der Waals surface area contributed by atoms with Gasteiger partial charge in [0.2, 0.25) is 0 Å². The summed E-state index contributed by atoms with van der Waals surface area (Å²) in [5.74, 6) is -4.76. The Morgan fingerprint density at radius 1 is 0.646 bits per heavy atom. The maximum atomic E-state index is 13.4. The largest absolute Gasteiger partial charge is 0.461 e. The fourth-order valence-corrected chi connectivity index (χ4v) is 6.29. The molecule has 2 fully saturated rings. The third-order valence-electron chi connectivity index (χ3n) is 9.97. The third-order valence-corrected chi connectivity index (χ3v) is 9.97. The molecule has 0 bridgehead atoms. The van der Waals surface area contributed by atoms with E-state index in [1.165, 1.54) is 12.1 Å². The standard InChI is InChI=1S/C35H49N5O8/c1-18-6-10-34(4,11-7-18)16-45-30(41)24-26(39)20(3)14-22(37)28(24)47-32(43)33(44)48-29-23(38)15-21(36)27(40)25(29)31(42)46-17-35(5)12-8-19(2)9-13-35/h14-15,18-19H,6-13,16-17,36-40H2,1-5H3. The number of hydrogen-bond donors (Lipinski definition) is 5. The van der Waals surface area contributed by atoms with Crippen molar-refractivity contribution in [3.8, 4) is 11.5 Å². The van der Waals surface area contributed by atoms with Crippen molar-refractivity contribution < 1.29 is 38.1 Å². The highest BCUT2D eigenvalue weighted by Crippen LogP contribution is 2.42. The molecular formula is C35H49N5O8. The van der Waals surface area contributed by atoms with Crippen LogP contribution in [-0.2, 0) is 19.1 Å². The summed E-state index contributed by atoms with van der Waals surface area (Å²) < 4.78 is 21.9. The van der Waals surface area contributed by atoms with E-state index in [-0.39, 0.29) is 58.0 Å². The molecule has 2 saturated carbocycles. The Hall–Kier alpha value is -4.68. The molecule has 0 radical (unpaired) electrons. The molecule has 13 nitrogen and oxygen atoms in total. The maximum absolute atomic E-state index is 13.4. The van der Waals surface area contributed by atoms with E-state index >= 15 is 0 Å². The topological polar surface area (TPSA) is 235 Å². The lowest BCUT2D eigenvalue weighted by molar-refractivity contribution is -0.156. The summed E-state index contributed by atoms with van der Waals surface area (Å²) in [6.45, 7) is 10.3. The number of anilines is 5. The second kappa shape index (κ2) is 14.2. The van der Waals surface area contributed by atoms with Gasteiger partial charge in [-0.25, -0.2) is 19.2 Å². The lowest BCUT2D eigenvalue weighted by Gasteiger charge is -2.35. The third kappa shape index (κ3) is 8.06. The highest BCUT2D eigenvalue weighted by Gasteiger charge is 2.35. The van der Waals surface area contributed by atoms with Gasteiger partial charge < -0.3 is 47.6 Å². The van der Waals surface area contributed by atoms with Crippen LogP contribution in [0.25, 0.3) is 0 Å². The van der Waals surface area contributed by atoms with Crippen LogP contribution < -0.4 is 38.1 Å². The van der Waals surface area contributed by atoms with Crippen molar-refractivity contribution in [1.29, 1.82) is 0 Å². The van der Waals surface area contributed by atoms with Gasteiger partial charge in [0.25, 0.3) is 0 Å². The van der Waals surface area contributed by atoms with E-state index in [0.29, 0.717) is 17.4 Å². The maximum Gasteiger partial charge on any atom is 0.423 e. The number of nitrogen functional groups attached to an aromatic ring is 5. The van der Waals surface area contributed by atoms with Gasteiger partial charge in [-0.1, -0.05) is 53.4 Å². The number of ether oxygens (including phenoxy) is 4. The molecule has 2 aliphatic rings. The van der Waals surface area contributed by atoms with Gasteiger partial charge in [-0.15, -0.1) is 0 Å². The van der Waals surface area contributed by atoms with E-state index in [1.807, 2.05) is 13.8 Å². The van der Waals surface area contributed by atoms with Crippen LogP contribution in [0.2, 0.25) is 0 Å². The average molecular weight is 668 g/mol. The van der Waals surface area contributed by atoms with Gasteiger partial charge in [0.05, 0.1) is 41.7 Å². The molecule has 2 aromatic carbocycles. The van der Waals surface area contributed by atoms with Crippen LogP contribution in [0.15, 0.2) is 12.1 Å². The van der Waals surface area contributed by atoms with Crippen molar-refractivity contribution in [2.24, 2.45) is 22.7 Å². The quantitative estimate of drug-likeness (QED) is 0.106. The lowest BCUT2D eigenvalue weighted by atomic mass is 9.73. The molecule has 0 amide bonds. The van der Waals surface area contributed by atoms with Crippen molar-refractivity contribution in [2.45, 2.75) is 86.0 Å². The lowest BCUT2D eigenvalue weighted by Crippen LogP contribution is -2.31. The number of carbonyl (C=O) groups is 4. The zero-order chi connectivity index (χ0) is 35.6. The molecule has 0 aliphatic heterocycles. The Bertz CT molecular complexity index is 1470. The number of esters is 4. The van der Waals surface area contributed by atoms with Crippen molar-refractivity contribution in [3.05, 3.63) is 28.8 Å². The van der Waals surface area contributed by atoms with Crippen LogP contribution in [0.4, 0.5) is 28.4 Å². The fraction of sp³-hybridized carbons (Fsp3) is 0.543. The summed E-state index contributed by atoms with van der Waals surface area (Å²) in [6, 6.07) is 2.58. The number of benzene rings is 2. The molecule has 0 atom stereocenters. The first-order valence-corrected chi connectivity index (χ1v) is 16.4. The summed E-state index contributed by atoms with van der Waals surface area (Å²) in [4.78, 5) is 52.9. The Balaban J connectivity index is 1.53. The second-order valence-electron chi connectivity index (χ2n) is 14.5. The zero-order valence-corrected chi connectivity index (χ0v) is 28.5. The fourth-order valence-electron chi connectivity index (χ4n) is 6.29. The normalized spacial score (nSPS) is 23.9. The first-order valence-electron chi connectivity index (χ1n) is 16.4. The second-order valence-corrected chi connectivity index (χ2v) is 14.5. The van der Waals surface area contributed by atoms with Crippen molar-refractivity contribution in [2.75, 3.05) is 41.9 Å². The Kier molecular flexibility index (Phi) is 10.7. The molecular weight excluding hydrogens is 618 g/mol. The Morgan fingerprint density at radius 3 is 1.44 bits per heavy atom. The van der Waals surface area contributed by atoms with Gasteiger partial charge in [0, 0.05) is 10.8 Å². The van der Waals surface area contributed by atoms with Crippen LogP contribution in [0, 0.1) is 29.6 Å². The summed E-state index contributed by atoms with van der Waals surface area (Å²) in [5.41, 5.74) is 29.1. The molecule has 0 heterocycles. The van der Waals surface area contributed by atoms with Crippen LogP contribution in [0.1, 0.15) is 105 Å². The molecule has 4 rings (SSSR count). The Labute approximate surface area is 281 Å². The SMILES string of the molecule is Cc1cc(N)c(OC(=O)C(=O)Oc2c(N)cc(N)c(N)c2C(=O)OCC2(C)CCC(C)CC2)c(C(=O)OCC2(C)CCC(C)CC2)c1N. The van der Waals surface area contributed by atoms with Gasteiger partial charge >= 0.3 is 23.9 Å². The molecule has 262 valence electrons. The van der Waals surface area contributed by atoms with E-state index in [1.54, 1.807) is 6.92 Å². The van der Waals surface area contributed by atoms with Gasteiger partial charge in [-0.05, 0) is 62.1 Å². The molecule has 2 aromatic rings. The molecule has 0 unspecified atom stereocenters. The zero-order valence-electron chi connectivity index (χ0n) is 28.5. The molecule has 48 heavy (non-hydrogen) atoms. The summed E-state index contributed by atoms with van der Waals surface area (Å²) in [7, 11) is 0. The van der Waals surface area contributed by atoms with Gasteiger partial charge in [0.1, 0.15) is 11.1 Å². The van der Waals surface area contributed by atoms with E-state index < -0.39 is 40.9 Å². The van der Waals surface area contributed by atoms with Crippen LogP contribution in [-0.4, -0.2) is 37.1 Å². The van der Waals surface area contributed by atoms with Crippen LogP contribution in [0.3, 0.4) is 0 Å². The van der Waals surface area contributed by atoms with Crippen LogP contribution in [0.5, 0.6) is 11.5 Å². The number of aryl methyl sites for hydroxylation is 1. The van der Waals surface area contributed by atoms with Crippen molar-refractivity contribution >= 4 is 52.3 Å². The Morgan fingerprint density at radius 2 is 1.02 bits per heavy atom. The molecule has 10 N–H and O–H groups in total. The smallest absolute Gasteiger partial charge is 0.423 e. The highest BCUT2D eigenvalue weighted by molar-refractivity contribution is 6.31. The van der Waals surface area contributed by atoms with Gasteiger partial charge in [-0.2, -0.15) is 0 Å². The summed E-state index contributed by atoms with van der Waals surface area (Å²) in [6.07, 6.45) is 7.53. The minimum Gasteiger partial charge on any atom is -0.461 e. The van der Waals surface area contributed by atoms with Gasteiger partial charge in [0.15, 0.2) is 11.5 Å². The van der Waals surface area contributed by atoms with Crippen molar-refractivity contribution in [3.63, 3.8) is 0 Å². The first kappa shape index (κ1) is 36.2. The van der Waals surface area contributed by atoms with E-state index in [9.17, 15) is 19.2 Å². The predicted octanol–water partition coefficient (Wildman–Crippen LogP) is 5.16. The highest BCUT2D eigenvalue weighted by atomic mass is 16.6. The number of carbonyl (C=O) groups excluding carboxylic acids is 4. The summed E-state index contributed by atoms with van der Waals surface area (Å²) in [5, 5.41) is 0. The molecule has 0 aromatic heterocycles. The number of hydrogen-bond acceptors (Lipinski definition) is 13. The number of nitrogens with two attached hydrogens (primary N) is 5. The van der Waals surface area contributed by atoms with Crippen LogP contribution >= 0.6 is 0 Å². The molecule has 2 aliphatic carbocycles. The molecule has 0 saturated heterocycles.